The minimum absolute atomic E-state index is 0.0764. The summed E-state index contributed by atoms with van der Waals surface area (Å²) in [6.07, 6.45) is 3.93. The van der Waals surface area contributed by atoms with Gasteiger partial charge in [0.05, 0.1) is 6.54 Å². The summed E-state index contributed by atoms with van der Waals surface area (Å²) in [6.45, 7) is 7.61. The molecule has 0 fully saturated rings. The summed E-state index contributed by atoms with van der Waals surface area (Å²) in [6, 6.07) is 20.1. The lowest BCUT2D eigenvalue weighted by molar-refractivity contribution is 0.0667. The molecule has 0 saturated carbocycles. The molecule has 29 heavy (non-hydrogen) atoms. The molecule has 0 saturated heterocycles. The van der Waals surface area contributed by atoms with Crippen LogP contribution in [0.2, 0.25) is 5.02 Å². The Balaban J connectivity index is 1.83. The zero-order chi connectivity index (χ0) is 20.8. The van der Waals surface area contributed by atoms with Crippen LogP contribution < -0.4 is 0 Å². The Kier molecular flexibility index (Phi) is 7.16. The molecule has 0 spiro atoms. The maximum atomic E-state index is 13.3. The molecule has 0 unspecified atom stereocenters. The van der Waals surface area contributed by atoms with Gasteiger partial charge in [-0.2, -0.15) is 0 Å². The zero-order valence-electron chi connectivity index (χ0n) is 17.4. The molecule has 0 aliphatic carbocycles. The molecule has 1 aromatic heterocycles. The van der Waals surface area contributed by atoms with Gasteiger partial charge in [0.1, 0.15) is 0 Å². The molecule has 2 aromatic carbocycles. The highest BCUT2D eigenvalue weighted by Crippen LogP contribution is 2.20. The van der Waals surface area contributed by atoms with Crippen LogP contribution in [0.3, 0.4) is 0 Å². The van der Waals surface area contributed by atoms with Gasteiger partial charge in [0.25, 0.3) is 5.91 Å². The molecular formula is C25H29ClN2O. The lowest BCUT2D eigenvalue weighted by atomic mass is 10.1. The van der Waals surface area contributed by atoms with Crippen molar-refractivity contribution in [3.63, 3.8) is 0 Å². The van der Waals surface area contributed by atoms with E-state index in [0.29, 0.717) is 13.1 Å². The summed E-state index contributed by atoms with van der Waals surface area (Å²) >= 11 is 6.35. The first-order valence-electron chi connectivity index (χ1n) is 10.3. The summed E-state index contributed by atoms with van der Waals surface area (Å²) in [7, 11) is 0. The fourth-order valence-corrected chi connectivity index (χ4v) is 3.62. The molecule has 4 heteroatoms. The number of aromatic nitrogens is 1. The lowest BCUT2D eigenvalue weighted by Crippen LogP contribution is -2.38. The van der Waals surface area contributed by atoms with Gasteiger partial charge in [-0.05, 0) is 61.2 Å². The first-order valence-corrected chi connectivity index (χ1v) is 10.7. The van der Waals surface area contributed by atoms with Crippen LogP contribution in [0, 0.1) is 0 Å². The van der Waals surface area contributed by atoms with Crippen molar-refractivity contribution < 1.29 is 4.79 Å². The Bertz CT molecular complexity index is 945. The predicted molar refractivity (Wildman–Crippen MR) is 120 cm³/mol. The molecule has 3 rings (SSSR count). The van der Waals surface area contributed by atoms with Crippen LogP contribution >= 0.6 is 11.6 Å². The van der Waals surface area contributed by atoms with Crippen LogP contribution in [0.25, 0.3) is 0 Å². The van der Waals surface area contributed by atoms with E-state index in [9.17, 15) is 4.79 Å². The fraction of sp³-hybridized carbons (Fsp3) is 0.320. The highest BCUT2D eigenvalue weighted by Gasteiger charge is 2.22. The first-order chi connectivity index (χ1) is 14.0. The van der Waals surface area contributed by atoms with Gasteiger partial charge >= 0.3 is 0 Å². The van der Waals surface area contributed by atoms with Crippen molar-refractivity contribution in [1.82, 2.24) is 9.47 Å². The topological polar surface area (TPSA) is 25.2 Å². The van der Waals surface area contributed by atoms with Crippen LogP contribution in [0.5, 0.6) is 0 Å². The standard InChI is InChI=1S/C25H29ClN2O/c1-4-19(3)28(25(29)21-14-12-20(5-2)13-15-21)18-23-10-8-16-27(23)17-22-9-6-7-11-24(22)26/h6-16,19H,4-5,17-18H2,1-3H3/t19-/m0/s1. The fourth-order valence-electron chi connectivity index (χ4n) is 3.43. The maximum absolute atomic E-state index is 13.3. The smallest absolute Gasteiger partial charge is 0.254 e. The van der Waals surface area contributed by atoms with Crippen molar-refractivity contribution in [2.75, 3.05) is 0 Å². The predicted octanol–water partition coefficient (Wildman–Crippen LogP) is 6.19. The van der Waals surface area contributed by atoms with E-state index in [2.05, 4.69) is 31.4 Å². The molecule has 0 radical (unpaired) electrons. The van der Waals surface area contributed by atoms with Crippen LogP contribution in [-0.2, 0) is 19.5 Å². The number of nitrogens with zero attached hydrogens (tertiary/aromatic N) is 2. The number of carbonyl (C=O) groups excluding carboxylic acids is 1. The highest BCUT2D eigenvalue weighted by molar-refractivity contribution is 6.31. The molecule has 1 amide bonds. The van der Waals surface area contributed by atoms with Gasteiger partial charge in [0.15, 0.2) is 0 Å². The number of rotatable bonds is 8. The molecular weight excluding hydrogens is 380 g/mol. The molecule has 3 aromatic rings. The van der Waals surface area contributed by atoms with Gasteiger partial charge in [0, 0.05) is 35.1 Å². The molecule has 0 N–H and O–H groups in total. The number of halogens is 1. The van der Waals surface area contributed by atoms with Crippen LogP contribution in [0.15, 0.2) is 66.9 Å². The van der Waals surface area contributed by atoms with Crippen molar-refractivity contribution in [3.8, 4) is 0 Å². The van der Waals surface area contributed by atoms with Crippen LogP contribution in [0.4, 0.5) is 0 Å². The van der Waals surface area contributed by atoms with E-state index in [1.54, 1.807) is 0 Å². The minimum atomic E-state index is 0.0764. The molecule has 3 nitrogen and oxygen atoms in total. The van der Waals surface area contributed by atoms with Crippen molar-refractivity contribution in [2.45, 2.75) is 52.7 Å². The first kappa shape index (κ1) is 21.2. The largest absolute Gasteiger partial charge is 0.345 e. The monoisotopic (exact) mass is 408 g/mol. The van der Waals surface area contributed by atoms with Crippen molar-refractivity contribution in [1.29, 1.82) is 0 Å². The summed E-state index contributed by atoms with van der Waals surface area (Å²) in [5.74, 6) is 0.0764. The average molecular weight is 409 g/mol. The quantitative estimate of drug-likeness (QED) is 0.436. The van der Waals surface area contributed by atoms with Gasteiger partial charge in [-0.15, -0.1) is 0 Å². The molecule has 0 aliphatic heterocycles. The lowest BCUT2D eigenvalue weighted by Gasteiger charge is -2.29. The summed E-state index contributed by atoms with van der Waals surface area (Å²) in [5.41, 5.74) is 4.16. The highest BCUT2D eigenvalue weighted by atomic mass is 35.5. The van der Waals surface area contributed by atoms with E-state index >= 15 is 0 Å². The summed E-state index contributed by atoms with van der Waals surface area (Å²) in [5, 5.41) is 0.762. The van der Waals surface area contributed by atoms with Crippen molar-refractivity contribution in [3.05, 3.63) is 94.3 Å². The Morgan fingerprint density at radius 3 is 2.41 bits per heavy atom. The van der Waals surface area contributed by atoms with Crippen LogP contribution in [-0.4, -0.2) is 21.4 Å². The van der Waals surface area contributed by atoms with Crippen molar-refractivity contribution >= 4 is 17.5 Å². The second-order valence-electron chi connectivity index (χ2n) is 7.46. The second kappa shape index (κ2) is 9.80. The molecule has 1 atom stereocenters. The maximum Gasteiger partial charge on any atom is 0.254 e. The number of aryl methyl sites for hydroxylation is 1. The normalized spacial score (nSPS) is 12.0. The van der Waals surface area contributed by atoms with Gasteiger partial charge in [0.2, 0.25) is 0 Å². The summed E-state index contributed by atoms with van der Waals surface area (Å²) < 4.78 is 2.17. The Hall–Kier alpha value is -2.52. The third kappa shape index (κ3) is 5.10. The van der Waals surface area contributed by atoms with Gasteiger partial charge in [-0.25, -0.2) is 0 Å². The van der Waals surface area contributed by atoms with Crippen molar-refractivity contribution in [2.24, 2.45) is 0 Å². The molecule has 1 heterocycles. The van der Waals surface area contributed by atoms with Gasteiger partial charge < -0.3 is 9.47 Å². The van der Waals surface area contributed by atoms with Crippen LogP contribution in [0.1, 0.15) is 54.4 Å². The molecule has 152 valence electrons. The van der Waals surface area contributed by atoms with Gasteiger partial charge in [-0.1, -0.05) is 55.8 Å². The number of carbonyl (C=O) groups is 1. The number of hydrogen-bond donors (Lipinski definition) is 0. The van der Waals surface area contributed by atoms with E-state index in [4.69, 9.17) is 11.6 Å². The summed E-state index contributed by atoms with van der Waals surface area (Å²) in [4.78, 5) is 15.3. The van der Waals surface area contributed by atoms with Gasteiger partial charge in [-0.3, -0.25) is 4.79 Å². The number of benzene rings is 2. The van der Waals surface area contributed by atoms with E-state index in [-0.39, 0.29) is 11.9 Å². The van der Waals surface area contributed by atoms with E-state index in [1.807, 2.05) is 65.7 Å². The third-order valence-corrected chi connectivity index (χ3v) is 5.92. The number of amides is 1. The number of hydrogen-bond acceptors (Lipinski definition) is 1. The van der Waals surface area contributed by atoms with E-state index in [1.165, 1.54) is 5.56 Å². The average Bonchev–Trinajstić information content (AvgIpc) is 3.19. The zero-order valence-corrected chi connectivity index (χ0v) is 18.2. The second-order valence-corrected chi connectivity index (χ2v) is 7.87. The third-order valence-electron chi connectivity index (χ3n) is 5.55. The Morgan fingerprint density at radius 2 is 1.76 bits per heavy atom. The molecule has 0 bridgehead atoms. The SMILES string of the molecule is CCc1ccc(C(=O)N(Cc2cccn2Cc2ccccc2Cl)[C@@H](C)CC)cc1. The molecule has 0 aliphatic rings. The minimum Gasteiger partial charge on any atom is -0.345 e. The van der Waals surface area contributed by atoms with E-state index < -0.39 is 0 Å². The Morgan fingerprint density at radius 1 is 1.03 bits per heavy atom. The van der Waals surface area contributed by atoms with E-state index in [0.717, 1.165) is 34.7 Å². The Labute approximate surface area is 178 Å².